The number of aryl methyl sites for hydroxylation is 1. The maximum absolute atomic E-state index is 5.72. The Hall–Kier alpha value is -1.87. The lowest BCUT2D eigenvalue weighted by atomic mass is 10.1. The summed E-state index contributed by atoms with van der Waals surface area (Å²) in [6.45, 7) is 3.47. The highest BCUT2D eigenvalue weighted by atomic mass is 15.1. The van der Waals surface area contributed by atoms with Gasteiger partial charge in [-0.1, -0.05) is 24.3 Å². The number of hydrogen-bond donors (Lipinski definition) is 1. The molecule has 1 heterocycles. The summed E-state index contributed by atoms with van der Waals surface area (Å²) in [5.41, 5.74) is 10.4. The van der Waals surface area contributed by atoms with Crippen molar-refractivity contribution < 1.29 is 0 Å². The van der Waals surface area contributed by atoms with Crippen molar-refractivity contribution in [1.29, 1.82) is 0 Å². The molecule has 1 aromatic heterocycles. The van der Waals surface area contributed by atoms with Crippen LogP contribution in [0.3, 0.4) is 0 Å². The van der Waals surface area contributed by atoms with Crippen molar-refractivity contribution in [1.82, 2.24) is 4.98 Å². The number of nitrogens with zero attached hydrogens (tertiary/aromatic N) is 2. The fraction of sp³-hybridized carbons (Fsp3) is 0.267. The molecular weight excluding hydrogens is 222 g/mol. The van der Waals surface area contributed by atoms with E-state index in [1.807, 2.05) is 6.07 Å². The third-order valence-corrected chi connectivity index (χ3v) is 3.14. The molecule has 1 aromatic carbocycles. The van der Waals surface area contributed by atoms with Crippen LogP contribution in [0.5, 0.6) is 0 Å². The van der Waals surface area contributed by atoms with Crippen molar-refractivity contribution in [2.75, 3.05) is 11.9 Å². The summed E-state index contributed by atoms with van der Waals surface area (Å²) < 4.78 is 0. The summed E-state index contributed by atoms with van der Waals surface area (Å²) >= 11 is 0. The van der Waals surface area contributed by atoms with Gasteiger partial charge in [0.1, 0.15) is 0 Å². The van der Waals surface area contributed by atoms with Gasteiger partial charge in [0.25, 0.3) is 0 Å². The second-order valence-electron chi connectivity index (χ2n) is 4.46. The van der Waals surface area contributed by atoms with Crippen LogP contribution in [0, 0.1) is 6.92 Å². The number of pyridine rings is 1. The van der Waals surface area contributed by atoms with Crippen molar-refractivity contribution in [2.45, 2.75) is 20.0 Å². The van der Waals surface area contributed by atoms with E-state index in [9.17, 15) is 0 Å². The van der Waals surface area contributed by atoms with E-state index < -0.39 is 0 Å². The lowest BCUT2D eigenvalue weighted by Crippen LogP contribution is -2.20. The fourth-order valence-corrected chi connectivity index (χ4v) is 2.06. The first-order valence-electron chi connectivity index (χ1n) is 6.12. The Morgan fingerprint density at radius 1 is 1.17 bits per heavy atom. The van der Waals surface area contributed by atoms with E-state index in [4.69, 9.17) is 5.73 Å². The smallest absolute Gasteiger partial charge is 0.0772 e. The third kappa shape index (κ3) is 2.68. The number of rotatable bonds is 4. The van der Waals surface area contributed by atoms with Gasteiger partial charge in [0, 0.05) is 26.3 Å². The maximum atomic E-state index is 5.72. The Labute approximate surface area is 108 Å². The first-order valence-corrected chi connectivity index (χ1v) is 6.12. The first kappa shape index (κ1) is 12.6. The third-order valence-electron chi connectivity index (χ3n) is 3.14. The Morgan fingerprint density at radius 3 is 2.67 bits per heavy atom. The van der Waals surface area contributed by atoms with Crippen LogP contribution in [0.2, 0.25) is 0 Å². The van der Waals surface area contributed by atoms with Gasteiger partial charge in [0.2, 0.25) is 0 Å². The lowest BCUT2D eigenvalue weighted by molar-refractivity contribution is 0.878. The molecule has 0 saturated heterocycles. The second kappa shape index (κ2) is 5.65. The van der Waals surface area contributed by atoms with Crippen molar-refractivity contribution in [3.63, 3.8) is 0 Å². The highest BCUT2D eigenvalue weighted by Crippen LogP contribution is 2.19. The largest absolute Gasteiger partial charge is 0.369 e. The maximum Gasteiger partial charge on any atom is 0.0772 e. The minimum absolute atomic E-state index is 0.467. The highest BCUT2D eigenvalue weighted by Gasteiger charge is 2.08. The van der Waals surface area contributed by atoms with E-state index in [-0.39, 0.29) is 0 Å². The fourth-order valence-electron chi connectivity index (χ4n) is 2.06. The van der Waals surface area contributed by atoms with E-state index in [0.717, 1.165) is 17.9 Å². The number of benzene rings is 1. The van der Waals surface area contributed by atoms with Crippen LogP contribution in [-0.2, 0) is 13.1 Å². The quantitative estimate of drug-likeness (QED) is 0.894. The molecule has 3 nitrogen and oxygen atoms in total. The second-order valence-corrected chi connectivity index (χ2v) is 4.46. The van der Waals surface area contributed by atoms with Gasteiger partial charge in [0.15, 0.2) is 0 Å². The van der Waals surface area contributed by atoms with Gasteiger partial charge in [-0.15, -0.1) is 0 Å². The zero-order valence-corrected chi connectivity index (χ0v) is 10.9. The molecule has 0 unspecified atom stereocenters. The SMILES string of the molecule is Cc1ccccc1CN(C)c1cccnc1CN. The number of nitrogens with two attached hydrogens (primary N) is 1. The molecule has 0 saturated carbocycles. The predicted molar refractivity (Wildman–Crippen MR) is 75.4 cm³/mol. The predicted octanol–water partition coefficient (Wildman–Crippen LogP) is 2.49. The summed E-state index contributed by atoms with van der Waals surface area (Å²) in [6.07, 6.45) is 1.79. The zero-order chi connectivity index (χ0) is 13.0. The molecular formula is C15H19N3. The zero-order valence-electron chi connectivity index (χ0n) is 10.9. The molecule has 2 rings (SSSR count). The van der Waals surface area contributed by atoms with Gasteiger partial charge >= 0.3 is 0 Å². The van der Waals surface area contributed by atoms with Gasteiger partial charge in [-0.05, 0) is 30.2 Å². The summed E-state index contributed by atoms with van der Waals surface area (Å²) in [6, 6.07) is 12.4. The van der Waals surface area contributed by atoms with Gasteiger partial charge in [-0.3, -0.25) is 4.98 Å². The van der Waals surface area contributed by atoms with Crippen LogP contribution in [0.25, 0.3) is 0 Å². The molecule has 0 spiro atoms. The number of hydrogen-bond acceptors (Lipinski definition) is 3. The van der Waals surface area contributed by atoms with Crippen LogP contribution in [0.4, 0.5) is 5.69 Å². The Morgan fingerprint density at radius 2 is 1.94 bits per heavy atom. The van der Waals surface area contributed by atoms with Gasteiger partial charge in [0.05, 0.1) is 11.4 Å². The average molecular weight is 241 g/mol. The number of anilines is 1. The molecule has 0 aliphatic rings. The van der Waals surface area contributed by atoms with Gasteiger partial charge in [-0.25, -0.2) is 0 Å². The average Bonchev–Trinajstić information content (AvgIpc) is 2.41. The van der Waals surface area contributed by atoms with Crippen LogP contribution in [0.1, 0.15) is 16.8 Å². The van der Waals surface area contributed by atoms with E-state index in [1.54, 1.807) is 6.20 Å². The Kier molecular flexibility index (Phi) is 3.95. The van der Waals surface area contributed by atoms with Crippen molar-refractivity contribution >= 4 is 5.69 Å². The van der Waals surface area contributed by atoms with Crippen molar-refractivity contribution in [3.8, 4) is 0 Å². The molecule has 94 valence electrons. The Balaban J connectivity index is 2.22. The van der Waals surface area contributed by atoms with Crippen molar-refractivity contribution in [2.24, 2.45) is 5.73 Å². The van der Waals surface area contributed by atoms with E-state index in [1.165, 1.54) is 11.1 Å². The Bertz CT molecular complexity index is 523. The molecule has 2 N–H and O–H groups in total. The molecule has 0 aliphatic carbocycles. The first-order chi connectivity index (χ1) is 8.72. The molecule has 18 heavy (non-hydrogen) atoms. The normalized spacial score (nSPS) is 10.4. The van der Waals surface area contributed by atoms with Crippen molar-refractivity contribution in [3.05, 3.63) is 59.4 Å². The minimum atomic E-state index is 0.467. The molecule has 0 amide bonds. The van der Waals surface area contributed by atoms with Crippen LogP contribution in [-0.4, -0.2) is 12.0 Å². The molecule has 0 radical (unpaired) electrons. The monoisotopic (exact) mass is 241 g/mol. The van der Waals surface area contributed by atoms with Crippen LogP contribution >= 0.6 is 0 Å². The molecule has 0 fully saturated rings. The molecule has 2 aromatic rings. The van der Waals surface area contributed by atoms with E-state index in [2.05, 4.69) is 54.2 Å². The van der Waals surface area contributed by atoms with Gasteiger partial charge < -0.3 is 10.6 Å². The lowest BCUT2D eigenvalue weighted by Gasteiger charge is -2.22. The van der Waals surface area contributed by atoms with E-state index >= 15 is 0 Å². The molecule has 0 aliphatic heterocycles. The molecule has 0 bridgehead atoms. The van der Waals surface area contributed by atoms with Crippen LogP contribution in [0.15, 0.2) is 42.6 Å². The van der Waals surface area contributed by atoms with Crippen LogP contribution < -0.4 is 10.6 Å². The molecule has 0 atom stereocenters. The van der Waals surface area contributed by atoms with E-state index in [0.29, 0.717) is 6.54 Å². The topological polar surface area (TPSA) is 42.2 Å². The minimum Gasteiger partial charge on any atom is -0.369 e. The summed E-state index contributed by atoms with van der Waals surface area (Å²) in [5.74, 6) is 0. The van der Waals surface area contributed by atoms with Gasteiger partial charge in [-0.2, -0.15) is 0 Å². The molecule has 3 heteroatoms. The highest BCUT2D eigenvalue weighted by molar-refractivity contribution is 5.50. The summed E-state index contributed by atoms with van der Waals surface area (Å²) in [5, 5.41) is 0. The number of aromatic nitrogens is 1. The summed E-state index contributed by atoms with van der Waals surface area (Å²) in [7, 11) is 2.07. The summed E-state index contributed by atoms with van der Waals surface area (Å²) in [4.78, 5) is 6.51. The standard InChI is InChI=1S/C15H19N3/c1-12-6-3-4-7-13(12)11-18(2)15-8-5-9-17-14(15)10-16/h3-9H,10-11,16H2,1-2H3.